The van der Waals surface area contributed by atoms with Crippen LogP contribution in [0.25, 0.3) is 0 Å². The van der Waals surface area contributed by atoms with E-state index in [1.54, 1.807) is 0 Å². The van der Waals surface area contributed by atoms with Crippen LogP contribution in [-0.2, 0) is 20.7 Å². The molecule has 0 atom stereocenters. The van der Waals surface area contributed by atoms with Crippen molar-refractivity contribution in [2.75, 3.05) is 7.11 Å². The molecule has 1 aromatic rings. The molecule has 1 amide bonds. The quantitative estimate of drug-likeness (QED) is 0.865. The van der Waals surface area contributed by atoms with Crippen LogP contribution in [0.3, 0.4) is 0 Å². The molecule has 0 radical (unpaired) electrons. The molecule has 1 aromatic carbocycles. The van der Waals surface area contributed by atoms with Gasteiger partial charge in [0, 0.05) is 10.6 Å². The highest BCUT2D eigenvalue weighted by Gasteiger charge is 2.41. The van der Waals surface area contributed by atoms with Crippen molar-refractivity contribution in [2.45, 2.75) is 44.1 Å². The third-order valence-corrected chi connectivity index (χ3v) is 4.42. The van der Waals surface area contributed by atoms with Crippen LogP contribution in [0.2, 0.25) is 5.02 Å². The monoisotopic (exact) mass is 327 g/mol. The molecule has 4 nitrogen and oxygen atoms in total. The maximum absolute atomic E-state index is 13.8. The molecular formula is C16H19ClFNO3. The van der Waals surface area contributed by atoms with Crippen LogP contribution < -0.4 is 5.32 Å². The summed E-state index contributed by atoms with van der Waals surface area (Å²) < 4.78 is 18.6. The Morgan fingerprint density at radius 1 is 1.32 bits per heavy atom. The number of methoxy groups -OCH3 is 1. The lowest BCUT2D eigenvalue weighted by atomic mass is 9.81. The molecule has 0 spiro atoms. The van der Waals surface area contributed by atoms with E-state index in [-0.39, 0.29) is 17.0 Å². The van der Waals surface area contributed by atoms with Crippen molar-refractivity contribution in [3.63, 3.8) is 0 Å². The van der Waals surface area contributed by atoms with E-state index in [0.29, 0.717) is 12.8 Å². The van der Waals surface area contributed by atoms with E-state index >= 15 is 0 Å². The Labute approximate surface area is 134 Å². The Bertz CT molecular complexity index is 550. The van der Waals surface area contributed by atoms with Gasteiger partial charge in [0.05, 0.1) is 13.5 Å². The number of amides is 1. The number of carbonyl (C=O) groups excluding carboxylic acids is 2. The van der Waals surface area contributed by atoms with Gasteiger partial charge in [0.15, 0.2) is 0 Å². The summed E-state index contributed by atoms with van der Waals surface area (Å²) in [6.07, 6.45) is 3.58. The van der Waals surface area contributed by atoms with Gasteiger partial charge in [-0.1, -0.05) is 36.9 Å². The van der Waals surface area contributed by atoms with Gasteiger partial charge < -0.3 is 10.1 Å². The number of rotatable bonds is 4. The van der Waals surface area contributed by atoms with Crippen molar-refractivity contribution >= 4 is 23.5 Å². The second-order valence-corrected chi connectivity index (χ2v) is 5.97. The van der Waals surface area contributed by atoms with Crippen molar-refractivity contribution in [3.05, 3.63) is 34.6 Å². The molecule has 1 aliphatic rings. The first kappa shape index (κ1) is 16.7. The predicted molar refractivity (Wildman–Crippen MR) is 81.1 cm³/mol. The average molecular weight is 328 g/mol. The zero-order valence-electron chi connectivity index (χ0n) is 12.5. The lowest BCUT2D eigenvalue weighted by Gasteiger charge is -2.35. The Hall–Kier alpha value is -1.62. The minimum absolute atomic E-state index is 0.137. The zero-order chi connectivity index (χ0) is 16.2. The predicted octanol–water partition coefficient (Wildman–Crippen LogP) is 3.01. The minimum atomic E-state index is -0.998. The van der Waals surface area contributed by atoms with Crippen LogP contribution >= 0.6 is 11.6 Å². The maximum Gasteiger partial charge on any atom is 0.331 e. The second kappa shape index (κ2) is 7.09. The Kier molecular flexibility index (Phi) is 5.40. The first-order chi connectivity index (χ1) is 10.5. The van der Waals surface area contributed by atoms with Crippen LogP contribution in [0.5, 0.6) is 0 Å². The van der Waals surface area contributed by atoms with Gasteiger partial charge >= 0.3 is 5.97 Å². The molecule has 1 fully saturated rings. The molecule has 2 rings (SSSR count). The highest BCUT2D eigenvalue weighted by Crippen LogP contribution is 2.30. The van der Waals surface area contributed by atoms with E-state index in [2.05, 4.69) is 5.32 Å². The topological polar surface area (TPSA) is 55.4 Å². The number of halogens is 2. The molecule has 1 aliphatic carbocycles. The van der Waals surface area contributed by atoms with Crippen LogP contribution in [0.15, 0.2) is 18.2 Å². The minimum Gasteiger partial charge on any atom is -0.467 e. The molecule has 6 heteroatoms. The van der Waals surface area contributed by atoms with E-state index in [0.717, 1.165) is 19.3 Å². The van der Waals surface area contributed by atoms with Gasteiger partial charge in [0.25, 0.3) is 0 Å². The van der Waals surface area contributed by atoms with Gasteiger partial charge in [-0.15, -0.1) is 0 Å². The summed E-state index contributed by atoms with van der Waals surface area (Å²) in [6.45, 7) is 0. The summed E-state index contributed by atoms with van der Waals surface area (Å²) >= 11 is 5.93. The van der Waals surface area contributed by atoms with Crippen LogP contribution in [0.4, 0.5) is 4.39 Å². The highest BCUT2D eigenvalue weighted by molar-refractivity contribution is 6.31. The fourth-order valence-corrected chi connectivity index (χ4v) is 3.13. The van der Waals surface area contributed by atoms with Gasteiger partial charge in [0.2, 0.25) is 5.91 Å². The third kappa shape index (κ3) is 3.58. The zero-order valence-corrected chi connectivity index (χ0v) is 13.2. The molecule has 22 heavy (non-hydrogen) atoms. The Balaban J connectivity index is 2.13. The summed E-state index contributed by atoms with van der Waals surface area (Å²) in [5, 5.41) is 2.95. The SMILES string of the molecule is COC(=O)C1(NC(=O)Cc2c(F)cccc2Cl)CCCCC1. The normalized spacial score (nSPS) is 16.9. The summed E-state index contributed by atoms with van der Waals surface area (Å²) in [6, 6.07) is 4.27. The summed E-state index contributed by atoms with van der Waals surface area (Å²) in [5.41, 5.74) is -0.862. The van der Waals surface area contributed by atoms with E-state index in [9.17, 15) is 14.0 Å². The largest absolute Gasteiger partial charge is 0.467 e. The molecule has 0 bridgehead atoms. The van der Waals surface area contributed by atoms with Gasteiger partial charge in [-0.05, 0) is 25.0 Å². The number of nitrogens with one attached hydrogen (secondary N) is 1. The number of esters is 1. The van der Waals surface area contributed by atoms with E-state index in [1.165, 1.54) is 25.3 Å². The molecule has 0 unspecified atom stereocenters. The molecule has 1 saturated carbocycles. The summed E-state index contributed by atoms with van der Waals surface area (Å²) in [4.78, 5) is 24.3. The number of hydrogen-bond acceptors (Lipinski definition) is 3. The van der Waals surface area contributed by atoms with Gasteiger partial charge in [-0.25, -0.2) is 9.18 Å². The van der Waals surface area contributed by atoms with Crippen molar-refractivity contribution < 1.29 is 18.7 Å². The van der Waals surface area contributed by atoms with Gasteiger partial charge in [0.1, 0.15) is 11.4 Å². The summed E-state index contributed by atoms with van der Waals surface area (Å²) in [7, 11) is 1.30. The molecule has 1 N–H and O–H groups in total. The Morgan fingerprint density at radius 2 is 2.00 bits per heavy atom. The lowest BCUT2D eigenvalue weighted by Crippen LogP contribution is -2.56. The third-order valence-electron chi connectivity index (χ3n) is 4.06. The molecular weight excluding hydrogens is 309 g/mol. The molecule has 0 heterocycles. The molecule has 0 saturated heterocycles. The average Bonchev–Trinajstić information content (AvgIpc) is 2.51. The fourth-order valence-electron chi connectivity index (χ4n) is 2.90. The second-order valence-electron chi connectivity index (χ2n) is 5.56. The number of benzene rings is 1. The number of hydrogen-bond donors (Lipinski definition) is 1. The molecule has 0 aliphatic heterocycles. The molecule has 0 aromatic heterocycles. The Morgan fingerprint density at radius 3 is 2.59 bits per heavy atom. The standard InChI is InChI=1S/C16H19ClFNO3/c1-22-15(21)16(8-3-2-4-9-16)19-14(20)10-11-12(17)6-5-7-13(11)18/h5-7H,2-4,8-10H2,1H3,(H,19,20). The first-order valence-electron chi connectivity index (χ1n) is 7.31. The first-order valence-corrected chi connectivity index (χ1v) is 7.68. The maximum atomic E-state index is 13.8. The highest BCUT2D eigenvalue weighted by atomic mass is 35.5. The molecule has 120 valence electrons. The smallest absolute Gasteiger partial charge is 0.331 e. The van der Waals surface area contributed by atoms with Crippen LogP contribution in [0, 0.1) is 5.82 Å². The van der Waals surface area contributed by atoms with Gasteiger partial charge in [-0.2, -0.15) is 0 Å². The number of ether oxygens (including phenoxy) is 1. The van der Waals surface area contributed by atoms with E-state index < -0.39 is 23.2 Å². The van der Waals surface area contributed by atoms with Gasteiger partial charge in [-0.3, -0.25) is 4.79 Å². The fraction of sp³-hybridized carbons (Fsp3) is 0.500. The van der Waals surface area contributed by atoms with E-state index in [4.69, 9.17) is 16.3 Å². The van der Waals surface area contributed by atoms with Crippen LogP contribution in [-0.4, -0.2) is 24.5 Å². The lowest BCUT2D eigenvalue weighted by molar-refractivity contribution is -0.152. The van der Waals surface area contributed by atoms with E-state index in [1.807, 2.05) is 0 Å². The van der Waals surface area contributed by atoms with Crippen molar-refractivity contribution in [2.24, 2.45) is 0 Å². The number of carbonyl (C=O) groups is 2. The van der Waals surface area contributed by atoms with Crippen molar-refractivity contribution in [1.82, 2.24) is 5.32 Å². The van der Waals surface area contributed by atoms with Crippen molar-refractivity contribution in [1.29, 1.82) is 0 Å². The van der Waals surface area contributed by atoms with Crippen molar-refractivity contribution in [3.8, 4) is 0 Å². The van der Waals surface area contributed by atoms with Crippen LogP contribution in [0.1, 0.15) is 37.7 Å². The summed E-state index contributed by atoms with van der Waals surface area (Å²) in [5.74, 6) is -1.40.